The molecule has 1 aromatic heterocycles. The molecule has 0 bridgehead atoms. The SMILES string of the molecule is Nc1cccc(C(=O)NC(CC(=O)O)c2cccs2)c1. The van der Waals surface area contributed by atoms with Gasteiger partial charge in [0.2, 0.25) is 0 Å². The molecule has 1 amide bonds. The Morgan fingerprint density at radius 2 is 2.10 bits per heavy atom. The van der Waals surface area contributed by atoms with Crippen molar-refractivity contribution in [2.75, 3.05) is 5.73 Å². The normalized spacial score (nSPS) is 11.8. The van der Waals surface area contributed by atoms with E-state index in [2.05, 4.69) is 5.32 Å². The molecule has 1 unspecified atom stereocenters. The summed E-state index contributed by atoms with van der Waals surface area (Å²) in [5.74, 6) is -1.30. The lowest BCUT2D eigenvalue weighted by molar-refractivity contribution is -0.137. The van der Waals surface area contributed by atoms with Gasteiger partial charge in [-0.1, -0.05) is 12.1 Å². The van der Waals surface area contributed by atoms with Gasteiger partial charge >= 0.3 is 5.97 Å². The Balaban J connectivity index is 2.15. The lowest BCUT2D eigenvalue weighted by atomic mass is 10.1. The van der Waals surface area contributed by atoms with Crippen LogP contribution in [0, 0.1) is 0 Å². The zero-order chi connectivity index (χ0) is 14.5. The maximum Gasteiger partial charge on any atom is 0.305 e. The summed E-state index contributed by atoms with van der Waals surface area (Å²) >= 11 is 1.41. The number of nitrogens with one attached hydrogen (secondary N) is 1. The van der Waals surface area contributed by atoms with E-state index in [4.69, 9.17) is 10.8 Å². The van der Waals surface area contributed by atoms with Gasteiger partial charge in [0, 0.05) is 16.1 Å². The van der Waals surface area contributed by atoms with E-state index in [0.29, 0.717) is 11.3 Å². The van der Waals surface area contributed by atoms with Crippen molar-refractivity contribution >= 4 is 28.9 Å². The number of thiophene rings is 1. The molecule has 0 aliphatic heterocycles. The molecule has 0 saturated carbocycles. The van der Waals surface area contributed by atoms with Crippen LogP contribution in [0.2, 0.25) is 0 Å². The molecule has 0 radical (unpaired) electrons. The number of nitrogens with two attached hydrogens (primary N) is 1. The summed E-state index contributed by atoms with van der Waals surface area (Å²) in [5, 5.41) is 13.5. The minimum atomic E-state index is -0.962. The van der Waals surface area contributed by atoms with Gasteiger partial charge in [-0.2, -0.15) is 0 Å². The third kappa shape index (κ3) is 3.58. The van der Waals surface area contributed by atoms with Gasteiger partial charge in [0.25, 0.3) is 5.91 Å². The number of hydrogen-bond donors (Lipinski definition) is 3. The third-order valence-corrected chi connectivity index (χ3v) is 3.71. The monoisotopic (exact) mass is 290 g/mol. The fraction of sp³-hybridized carbons (Fsp3) is 0.143. The van der Waals surface area contributed by atoms with Crippen LogP contribution in [-0.2, 0) is 4.79 Å². The minimum Gasteiger partial charge on any atom is -0.481 e. The molecule has 0 aliphatic carbocycles. The number of aliphatic carboxylic acids is 1. The summed E-state index contributed by atoms with van der Waals surface area (Å²) in [6, 6.07) is 9.65. The lowest BCUT2D eigenvalue weighted by Gasteiger charge is -2.15. The Bertz CT molecular complexity index is 611. The van der Waals surface area contributed by atoms with Crippen LogP contribution < -0.4 is 11.1 Å². The number of anilines is 1. The van der Waals surface area contributed by atoms with E-state index in [1.807, 2.05) is 11.4 Å². The van der Waals surface area contributed by atoms with Crippen molar-refractivity contribution in [3.05, 3.63) is 52.2 Å². The molecular formula is C14H14N2O3S. The van der Waals surface area contributed by atoms with Gasteiger partial charge in [-0.05, 0) is 29.6 Å². The maximum absolute atomic E-state index is 12.1. The van der Waals surface area contributed by atoms with Crippen molar-refractivity contribution in [3.63, 3.8) is 0 Å². The molecule has 6 heteroatoms. The number of carbonyl (C=O) groups excluding carboxylic acids is 1. The zero-order valence-electron chi connectivity index (χ0n) is 10.6. The molecule has 20 heavy (non-hydrogen) atoms. The first-order valence-electron chi connectivity index (χ1n) is 5.98. The van der Waals surface area contributed by atoms with Gasteiger partial charge in [0.15, 0.2) is 0 Å². The number of benzene rings is 1. The largest absolute Gasteiger partial charge is 0.481 e. The van der Waals surface area contributed by atoms with Gasteiger partial charge < -0.3 is 16.2 Å². The first-order chi connectivity index (χ1) is 9.56. The summed E-state index contributed by atoms with van der Waals surface area (Å²) < 4.78 is 0. The zero-order valence-corrected chi connectivity index (χ0v) is 11.4. The van der Waals surface area contributed by atoms with E-state index in [1.54, 1.807) is 30.3 Å². The van der Waals surface area contributed by atoms with Gasteiger partial charge in [-0.3, -0.25) is 9.59 Å². The third-order valence-electron chi connectivity index (χ3n) is 2.72. The van der Waals surface area contributed by atoms with Crippen LogP contribution in [0.1, 0.15) is 27.7 Å². The Labute approximate surface area is 120 Å². The molecule has 0 saturated heterocycles. The standard InChI is InChI=1S/C14H14N2O3S/c15-10-4-1-3-9(7-10)14(19)16-11(8-13(17)18)12-5-2-6-20-12/h1-7,11H,8,15H2,(H,16,19)(H,17,18). The van der Waals surface area contributed by atoms with E-state index >= 15 is 0 Å². The van der Waals surface area contributed by atoms with Crippen LogP contribution in [-0.4, -0.2) is 17.0 Å². The summed E-state index contributed by atoms with van der Waals surface area (Å²) in [6.07, 6.45) is -0.158. The number of carboxylic acids is 1. The quantitative estimate of drug-likeness (QED) is 0.736. The van der Waals surface area contributed by atoms with Crippen LogP contribution in [0.5, 0.6) is 0 Å². The van der Waals surface area contributed by atoms with Crippen molar-refractivity contribution in [2.45, 2.75) is 12.5 Å². The number of hydrogen-bond acceptors (Lipinski definition) is 4. The first kappa shape index (κ1) is 14.1. The fourth-order valence-electron chi connectivity index (χ4n) is 1.81. The molecule has 2 aromatic rings. The van der Waals surface area contributed by atoms with Crippen molar-refractivity contribution in [2.24, 2.45) is 0 Å². The molecule has 0 spiro atoms. The van der Waals surface area contributed by atoms with Crippen molar-refractivity contribution in [1.82, 2.24) is 5.32 Å². The van der Waals surface area contributed by atoms with Crippen molar-refractivity contribution in [3.8, 4) is 0 Å². The predicted molar refractivity (Wildman–Crippen MR) is 77.6 cm³/mol. The van der Waals surface area contributed by atoms with Crippen LogP contribution in [0.3, 0.4) is 0 Å². The molecule has 0 fully saturated rings. The van der Waals surface area contributed by atoms with E-state index in [9.17, 15) is 9.59 Å². The molecule has 104 valence electrons. The van der Waals surface area contributed by atoms with E-state index in [-0.39, 0.29) is 12.3 Å². The molecule has 1 aromatic carbocycles. The lowest BCUT2D eigenvalue weighted by Crippen LogP contribution is -2.29. The molecule has 1 heterocycles. The number of carboxylic acid groups (broad SMARTS) is 1. The Hall–Kier alpha value is -2.34. The Kier molecular flexibility index (Phi) is 4.37. The maximum atomic E-state index is 12.1. The van der Waals surface area contributed by atoms with Crippen LogP contribution in [0.25, 0.3) is 0 Å². The topological polar surface area (TPSA) is 92.4 Å². The smallest absolute Gasteiger partial charge is 0.305 e. The van der Waals surface area contributed by atoms with Gasteiger partial charge in [-0.25, -0.2) is 0 Å². The molecule has 5 nitrogen and oxygen atoms in total. The predicted octanol–water partition coefficient (Wildman–Crippen LogP) is 2.28. The second kappa shape index (κ2) is 6.21. The van der Waals surface area contributed by atoms with E-state index < -0.39 is 12.0 Å². The molecule has 2 rings (SSSR count). The summed E-state index contributed by atoms with van der Waals surface area (Å²) in [6.45, 7) is 0. The molecule has 0 aliphatic rings. The fourth-order valence-corrected chi connectivity index (χ4v) is 2.59. The highest BCUT2D eigenvalue weighted by Crippen LogP contribution is 2.22. The van der Waals surface area contributed by atoms with Gasteiger partial charge in [-0.15, -0.1) is 11.3 Å². The Morgan fingerprint density at radius 3 is 2.70 bits per heavy atom. The average Bonchev–Trinajstić information content (AvgIpc) is 2.91. The summed E-state index contributed by atoms with van der Waals surface area (Å²) in [7, 11) is 0. The number of amides is 1. The highest BCUT2D eigenvalue weighted by molar-refractivity contribution is 7.10. The molecular weight excluding hydrogens is 276 g/mol. The van der Waals surface area contributed by atoms with Crippen LogP contribution in [0.15, 0.2) is 41.8 Å². The van der Waals surface area contributed by atoms with Gasteiger partial charge in [0.1, 0.15) is 0 Å². The summed E-state index contributed by atoms with van der Waals surface area (Å²) in [5.41, 5.74) is 6.53. The minimum absolute atomic E-state index is 0.158. The number of rotatable bonds is 5. The number of nitrogen functional groups attached to an aromatic ring is 1. The van der Waals surface area contributed by atoms with Gasteiger partial charge in [0.05, 0.1) is 12.5 Å². The van der Waals surface area contributed by atoms with Crippen molar-refractivity contribution < 1.29 is 14.7 Å². The first-order valence-corrected chi connectivity index (χ1v) is 6.86. The molecule has 1 atom stereocenters. The Morgan fingerprint density at radius 1 is 1.30 bits per heavy atom. The van der Waals surface area contributed by atoms with E-state index in [0.717, 1.165) is 4.88 Å². The average molecular weight is 290 g/mol. The number of carbonyl (C=O) groups is 2. The van der Waals surface area contributed by atoms with Crippen molar-refractivity contribution in [1.29, 1.82) is 0 Å². The van der Waals surface area contributed by atoms with Crippen LogP contribution >= 0.6 is 11.3 Å². The molecule has 4 N–H and O–H groups in total. The second-order valence-electron chi connectivity index (χ2n) is 4.26. The summed E-state index contributed by atoms with van der Waals surface area (Å²) in [4.78, 5) is 23.8. The van der Waals surface area contributed by atoms with E-state index in [1.165, 1.54) is 11.3 Å². The highest BCUT2D eigenvalue weighted by Gasteiger charge is 2.19. The second-order valence-corrected chi connectivity index (χ2v) is 5.24. The highest BCUT2D eigenvalue weighted by atomic mass is 32.1. The van der Waals surface area contributed by atoms with Crippen LogP contribution in [0.4, 0.5) is 5.69 Å².